The Hall–Kier alpha value is -3.65. The zero-order valence-electron chi connectivity index (χ0n) is 17.1. The van der Waals surface area contributed by atoms with Crippen molar-refractivity contribution < 1.29 is 9.66 Å². The van der Waals surface area contributed by atoms with E-state index in [1.165, 1.54) is 17.8 Å². The molecule has 31 heavy (non-hydrogen) atoms. The Kier molecular flexibility index (Phi) is 5.99. The molecule has 0 unspecified atom stereocenters. The molecule has 0 N–H and O–H groups in total. The highest BCUT2D eigenvalue weighted by Crippen LogP contribution is 2.32. The Morgan fingerprint density at radius 2 is 1.81 bits per heavy atom. The summed E-state index contributed by atoms with van der Waals surface area (Å²) >= 11 is 1.48. The minimum Gasteiger partial charge on any atom is -0.497 e. The predicted octanol–water partition coefficient (Wildman–Crippen LogP) is 5.22. The van der Waals surface area contributed by atoms with Gasteiger partial charge in [0.15, 0.2) is 5.17 Å². The number of nitro benzene ring substituents is 1. The highest BCUT2D eigenvalue weighted by molar-refractivity contribution is 8.13. The van der Waals surface area contributed by atoms with Gasteiger partial charge in [0.05, 0.1) is 24.3 Å². The van der Waals surface area contributed by atoms with Crippen molar-refractivity contribution in [1.29, 1.82) is 0 Å². The van der Waals surface area contributed by atoms with Crippen molar-refractivity contribution in [3.05, 3.63) is 99.6 Å². The fraction of sp³-hybridized carbons (Fsp3) is 0.130. The van der Waals surface area contributed by atoms with Gasteiger partial charge in [-0.15, -0.1) is 0 Å². The summed E-state index contributed by atoms with van der Waals surface area (Å²) in [7, 11) is 1.63. The molecule has 0 bridgehead atoms. The Labute approximate surface area is 184 Å². The van der Waals surface area contributed by atoms with Crippen LogP contribution in [0.1, 0.15) is 16.7 Å². The van der Waals surface area contributed by atoms with Crippen molar-refractivity contribution in [3.63, 3.8) is 0 Å². The number of amidine groups is 1. The summed E-state index contributed by atoms with van der Waals surface area (Å²) < 4.78 is 5.25. The third-order valence-corrected chi connectivity index (χ3v) is 5.49. The maximum atomic E-state index is 11.4. The third kappa shape index (κ3) is 4.44. The summed E-state index contributed by atoms with van der Waals surface area (Å²) in [6.07, 6.45) is 1.94. The van der Waals surface area contributed by atoms with E-state index < -0.39 is 4.92 Å². The molecule has 1 aliphatic heterocycles. The largest absolute Gasteiger partial charge is 0.497 e. The average Bonchev–Trinajstić information content (AvgIpc) is 2.96. The van der Waals surface area contributed by atoms with E-state index in [1.807, 2.05) is 65.9 Å². The van der Waals surface area contributed by atoms with Gasteiger partial charge in [-0.2, -0.15) is 5.10 Å². The number of ether oxygens (including phenoxy) is 1. The molecule has 0 radical (unpaired) electrons. The lowest BCUT2D eigenvalue weighted by Crippen LogP contribution is -2.23. The van der Waals surface area contributed by atoms with Crippen molar-refractivity contribution in [2.75, 3.05) is 13.4 Å². The van der Waals surface area contributed by atoms with Crippen LogP contribution in [-0.4, -0.2) is 34.2 Å². The van der Waals surface area contributed by atoms with E-state index in [0.717, 1.165) is 16.9 Å². The Morgan fingerprint density at radius 1 is 1.06 bits per heavy atom. The van der Waals surface area contributed by atoms with E-state index in [0.29, 0.717) is 28.7 Å². The first kappa shape index (κ1) is 20.6. The first-order valence-corrected chi connectivity index (χ1v) is 10.8. The van der Waals surface area contributed by atoms with Gasteiger partial charge in [0.1, 0.15) is 11.5 Å². The number of rotatable bonds is 5. The minimum absolute atomic E-state index is 0.00638. The Balaban J connectivity index is 1.84. The number of thioether (sulfide) groups is 1. The van der Waals surface area contributed by atoms with Crippen LogP contribution in [0.5, 0.6) is 5.75 Å². The molecule has 1 aliphatic rings. The molecule has 3 aromatic carbocycles. The van der Waals surface area contributed by atoms with Crippen molar-refractivity contribution in [2.24, 2.45) is 10.1 Å². The quantitative estimate of drug-likeness (QED) is 0.408. The number of fused-ring (bicyclic) bond motifs is 1. The molecular weight excluding hydrogens is 412 g/mol. The molecule has 0 amide bonds. The van der Waals surface area contributed by atoms with Crippen molar-refractivity contribution in [1.82, 2.24) is 5.01 Å². The van der Waals surface area contributed by atoms with Crippen LogP contribution in [-0.2, 0) is 6.54 Å². The lowest BCUT2D eigenvalue weighted by Gasteiger charge is -2.20. The topological polar surface area (TPSA) is 80.3 Å². The number of hydrogen-bond donors (Lipinski definition) is 0. The summed E-state index contributed by atoms with van der Waals surface area (Å²) in [4.78, 5) is 15.8. The summed E-state index contributed by atoms with van der Waals surface area (Å²) in [6.45, 7) is 0.496. The molecule has 8 heteroatoms. The first-order valence-electron chi connectivity index (χ1n) is 9.55. The molecule has 0 atom stereocenters. The van der Waals surface area contributed by atoms with Gasteiger partial charge in [-0.25, -0.2) is 10.0 Å². The normalized spacial score (nSPS) is 13.0. The van der Waals surface area contributed by atoms with E-state index in [9.17, 15) is 10.1 Å². The zero-order chi connectivity index (χ0) is 21.8. The maximum Gasteiger partial charge on any atom is 0.270 e. The van der Waals surface area contributed by atoms with Crippen LogP contribution in [0.4, 0.5) is 11.4 Å². The van der Waals surface area contributed by atoms with Crippen LogP contribution in [0.15, 0.2) is 82.9 Å². The van der Waals surface area contributed by atoms with Crippen LogP contribution in [0, 0.1) is 10.1 Å². The monoisotopic (exact) mass is 432 g/mol. The van der Waals surface area contributed by atoms with Gasteiger partial charge >= 0.3 is 0 Å². The summed E-state index contributed by atoms with van der Waals surface area (Å²) in [5, 5.41) is 18.9. The maximum absolute atomic E-state index is 11.4. The van der Waals surface area contributed by atoms with Crippen LogP contribution >= 0.6 is 11.8 Å². The average molecular weight is 433 g/mol. The molecule has 0 aliphatic carbocycles. The lowest BCUT2D eigenvalue weighted by atomic mass is 10.0. The predicted molar refractivity (Wildman–Crippen MR) is 124 cm³/mol. The smallest absolute Gasteiger partial charge is 0.270 e. The number of nitrogens with zero attached hydrogens (tertiary/aromatic N) is 4. The standard InChI is InChI=1S/C23H20N4O3S/c1-30-19-11-8-16(9-12-19)15-26-23(31-2)24-21-13-10-18(27(28)29)14-20(21)22(25-26)17-6-4-3-5-7-17/h3-14H,15H2,1-2H3. The number of benzene rings is 3. The minimum atomic E-state index is -0.401. The summed E-state index contributed by atoms with van der Waals surface area (Å²) in [5.41, 5.74) is 3.82. The van der Waals surface area contributed by atoms with Gasteiger partial charge in [0.25, 0.3) is 5.69 Å². The lowest BCUT2D eigenvalue weighted by molar-refractivity contribution is -0.384. The number of aliphatic imine (C=N–C) groups is 1. The Morgan fingerprint density at radius 3 is 2.45 bits per heavy atom. The number of hydrazone groups is 1. The van der Waals surface area contributed by atoms with E-state index >= 15 is 0 Å². The number of methoxy groups -OCH3 is 1. The molecule has 0 fully saturated rings. The van der Waals surface area contributed by atoms with E-state index in [1.54, 1.807) is 19.2 Å². The van der Waals surface area contributed by atoms with Crippen LogP contribution in [0.3, 0.4) is 0 Å². The van der Waals surface area contributed by atoms with E-state index in [4.69, 9.17) is 14.8 Å². The third-order valence-electron chi connectivity index (χ3n) is 4.82. The molecular formula is C23H20N4O3S. The number of hydrogen-bond acceptors (Lipinski definition) is 7. The first-order chi connectivity index (χ1) is 15.1. The van der Waals surface area contributed by atoms with Crippen molar-refractivity contribution in [3.8, 4) is 5.75 Å². The second kappa shape index (κ2) is 9.01. The second-order valence-electron chi connectivity index (χ2n) is 6.78. The van der Waals surface area contributed by atoms with Gasteiger partial charge in [0.2, 0.25) is 0 Å². The van der Waals surface area contributed by atoms with Crippen molar-refractivity contribution >= 4 is 34.0 Å². The molecule has 1 heterocycles. The Bertz CT molecular complexity index is 1160. The molecule has 3 aromatic rings. The zero-order valence-corrected chi connectivity index (χ0v) is 17.9. The van der Waals surface area contributed by atoms with Gasteiger partial charge in [-0.3, -0.25) is 10.1 Å². The molecule has 0 saturated heterocycles. The van der Waals surface area contributed by atoms with Gasteiger partial charge in [-0.05, 0) is 30.0 Å². The number of nitro groups is 1. The van der Waals surface area contributed by atoms with E-state index in [2.05, 4.69) is 0 Å². The van der Waals surface area contributed by atoms with Crippen molar-refractivity contribution in [2.45, 2.75) is 6.54 Å². The van der Waals surface area contributed by atoms with Crippen LogP contribution in [0.2, 0.25) is 0 Å². The molecule has 0 saturated carbocycles. The van der Waals surface area contributed by atoms with Gasteiger partial charge in [-0.1, -0.05) is 54.2 Å². The van der Waals surface area contributed by atoms with E-state index in [-0.39, 0.29) is 5.69 Å². The molecule has 7 nitrogen and oxygen atoms in total. The van der Waals surface area contributed by atoms with Gasteiger partial charge in [0, 0.05) is 23.3 Å². The summed E-state index contributed by atoms with van der Waals surface area (Å²) in [6, 6.07) is 22.1. The highest BCUT2D eigenvalue weighted by Gasteiger charge is 2.23. The second-order valence-corrected chi connectivity index (χ2v) is 7.55. The molecule has 0 aromatic heterocycles. The van der Waals surface area contributed by atoms with Crippen LogP contribution in [0.25, 0.3) is 0 Å². The van der Waals surface area contributed by atoms with Crippen LogP contribution < -0.4 is 4.74 Å². The fourth-order valence-corrected chi connectivity index (χ4v) is 3.78. The molecule has 0 spiro atoms. The SMILES string of the molecule is COc1ccc(CN2N=C(c3ccccc3)c3cc([N+](=O)[O-])ccc3N=C2SC)cc1. The summed E-state index contributed by atoms with van der Waals surface area (Å²) in [5.74, 6) is 0.784. The van der Waals surface area contributed by atoms with Gasteiger partial charge < -0.3 is 4.74 Å². The fourth-order valence-electron chi connectivity index (χ4n) is 3.27. The highest BCUT2D eigenvalue weighted by atomic mass is 32.2. The molecule has 156 valence electrons. The number of non-ortho nitro benzene ring substituents is 1. The molecule has 4 rings (SSSR count).